The first-order valence-corrected chi connectivity index (χ1v) is 25.6. The second-order valence-corrected chi connectivity index (χ2v) is 28.0. The normalized spacial score (nSPS) is 24.4. The fourth-order valence-corrected chi connectivity index (χ4v) is 15.8. The van der Waals surface area contributed by atoms with Gasteiger partial charge in [-0.15, -0.1) is 0 Å². The molecule has 336 valence electrons. The van der Waals surface area contributed by atoms with E-state index in [1.54, 1.807) is 27.8 Å². The van der Waals surface area contributed by atoms with Gasteiger partial charge >= 0.3 is 0 Å². The molecule has 0 aliphatic heterocycles. The van der Waals surface area contributed by atoms with Crippen LogP contribution in [-0.2, 0) is 48.7 Å². The summed E-state index contributed by atoms with van der Waals surface area (Å²) in [5, 5.41) is 5.90. The quantitative estimate of drug-likeness (QED) is 0.152. The topological polar surface area (TPSA) is 30.2 Å². The summed E-state index contributed by atoms with van der Waals surface area (Å²) in [6.45, 7) is 42.7. The smallest absolute Gasteiger partial charge is 0.0732 e. The van der Waals surface area contributed by atoms with Crippen LogP contribution in [0.1, 0.15) is 231 Å². The summed E-state index contributed by atoms with van der Waals surface area (Å²) in [5.74, 6) is 0. The van der Waals surface area contributed by atoms with Gasteiger partial charge in [0.1, 0.15) is 0 Å². The number of fused-ring (bicyclic) bond motifs is 18. The number of hydrogen-bond acceptors (Lipinski definition) is 2. The average Bonchev–Trinajstić information content (AvgIpc) is 3.88. The maximum atomic E-state index is 5.68. The van der Waals surface area contributed by atoms with E-state index < -0.39 is 0 Å². The van der Waals surface area contributed by atoms with Crippen LogP contribution < -0.4 is 0 Å². The molecule has 3 heteroatoms. The monoisotopic (exact) mass is 860 g/mol. The summed E-state index contributed by atoms with van der Waals surface area (Å²) in [5.41, 5.74) is 26.3. The predicted molar refractivity (Wildman–Crippen MR) is 274 cm³/mol. The minimum absolute atomic E-state index is 0.00460. The third-order valence-corrected chi connectivity index (χ3v) is 20.4. The molecule has 3 aromatic carbocycles. The van der Waals surface area contributed by atoms with Gasteiger partial charge < -0.3 is 4.40 Å². The van der Waals surface area contributed by atoms with Gasteiger partial charge in [-0.25, -0.2) is 0 Å². The summed E-state index contributed by atoms with van der Waals surface area (Å²) in [6, 6.07) is 10.6. The largest absolute Gasteiger partial charge is 0.305 e. The van der Waals surface area contributed by atoms with Gasteiger partial charge in [0, 0.05) is 43.5 Å². The number of pyridine rings is 2. The Bertz CT molecular complexity index is 3170. The molecule has 0 atom stereocenters. The first-order valence-electron chi connectivity index (χ1n) is 25.6. The molecule has 3 nitrogen and oxygen atoms in total. The fraction of sp³-hybridized carbons (Fsp3) is 0.548. The van der Waals surface area contributed by atoms with Crippen LogP contribution in [0.15, 0.2) is 36.7 Å². The molecule has 6 aliphatic carbocycles. The highest BCUT2D eigenvalue weighted by Gasteiger charge is 2.53. The summed E-state index contributed by atoms with van der Waals surface area (Å²) in [4.78, 5) is 11.4. The van der Waals surface area contributed by atoms with E-state index in [1.165, 1.54) is 145 Å². The van der Waals surface area contributed by atoms with Crippen LogP contribution >= 0.6 is 0 Å². The lowest BCUT2D eigenvalue weighted by molar-refractivity contribution is 0.245. The van der Waals surface area contributed by atoms with Gasteiger partial charge in [-0.2, -0.15) is 0 Å². The Morgan fingerprint density at radius 2 is 0.708 bits per heavy atom. The molecule has 0 N–H and O–H groups in total. The van der Waals surface area contributed by atoms with Crippen molar-refractivity contribution in [3.8, 4) is 22.3 Å². The molecule has 0 spiro atoms. The van der Waals surface area contributed by atoms with Crippen molar-refractivity contribution in [1.29, 1.82) is 0 Å². The van der Waals surface area contributed by atoms with Crippen LogP contribution in [-0.4, -0.2) is 14.4 Å². The molecular formula is C62H73N3. The van der Waals surface area contributed by atoms with Gasteiger partial charge in [-0.1, -0.05) is 130 Å². The van der Waals surface area contributed by atoms with Crippen molar-refractivity contribution in [2.45, 2.75) is 218 Å². The Labute approximate surface area is 389 Å². The third kappa shape index (κ3) is 4.62. The van der Waals surface area contributed by atoms with Gasteiger partial charge in [0.15, 0.2) is 0 Å². The molecule has 0 radical (unpaired) electrons. The minimum atomic E-state index is -0.221. The highest BCUT2D eigenvalue weighted by molar-refractivity contribution is 6.31. The lowest BCUT2D eigenvalue weighted by Gasteiger charge is -2.52. The first-order chi connectivity index (χ1) is 30.1. The van der Waals surface area contributed by atoms with Crippen molar-refractivity contribution in [1.82, 2.24) is 14.4 Å². The van der Waals surface area contributed by atoms with Crippen LogP contribution in [0.25, 0.3) is 60.3 Å². The van der Waals surface area contributed by atoms with Gasteiger partial charge in [0.25, 0.3) is 0 Å². The standard InChI is InChI=1S/C62H73N3/c1-54(2)18-20-56(5,6)38-28-34-32(26-36(38)54)42-44-40(30-63-52(42)60(34,13)14)65-41-31-64-53-43(33-27-37-39(29-35(33)61(53,15)16)57(7,8)21-19-55(37,3)4)45(41)47-49-50-48(46(44)51(47)65)58(9,10)22-24-62(50,17)25-23-59(49,11)12/h26-31H,18-25H2,1-17H3. The SMILES string of the molecule is CC1(C)CCC(C)(C)c2cc3c(cc21)-c1c(ncc2c1c1c4c5c(c6c7c8c(ncc7n2c16)C(C)(C)c1cc2c(cc1-8)C(C)(C)CCC2(C)C)C(C)(C)CCC5(C)CCC4(C)C)C3(C)C. The molecule has 0 unspecified atom stereocenters. The van der Waals surface area contributed by atoms with E-state index in [0.717, 1.165) is 0 Å². The van der Waals surface area contributed by atoms with Crippen molar-refractivity contribution >= 4 is 38.1 Å². The molecule has 0 bridgehead atoms. The Balaban J connectivity index is 1.27. The van der Waals surface area contributed by atoms with E-state index in [0.29, 0.717) is 0 Å². The molecule has 0 fully saturated rings. The summed E-state index contributed by atoms with van der Waals surface area (Å²) >= 11 is 0. The van der Waals surface area contributed by atoms with E-state index in [1.807, 2.05) is 0 Å². The predicted octanol–water partition coefficient (Wildman–Crippen LogP) is 16.3. The fourth-order valence-electron chi connectivity index (χ4n) is 15.8. The van der Waals surface area contributed by atoms with Crippen LogP contribution in [0.2, 0.25) is 0 Å². The highest BCUT2D eigenvalue weighted by atomic mass is 15.0. The van der Waals surface area contributed by atoms with Gasteiger partial charge in [0.05, 0.1) is 40.3 Å². The summed E-state index contributed by atoms with van der Waals surface area (Å²) in [7, 11) is 0. The molecule has 13 rings (SSSR count). The van der Waals surface area contributed by atoms with Crippen molar-refractivity contribution < 1.29 is 0 Å². The van der Waals surface area contributed by atoms with Crippen molar-refractivity contribution in [3.05, 3.63) is 98.1 Å². The molecule has 0 saturated carbocycles. The Morgan fingerprint density at radius 1 is 0.369 bits per heavy atom. The molecule has 4 heterocycles. The Hall–Kier alpha value is -4.24. The molecule has 0 saturated heterocycles. The van der Waals surface area contributed by atoms with E-state index >= 15 is 0 Å². The lowest BCUT2D eigenvalue weighted by Crippen LogP contribution is -2.43. The summed E-state index contributed by atoms with van der Waals surface area (Å²) < 4.78 is 2.70. The van der Waals surface area contributed by atoms with Gasteiger partial charge in [-0.3, -0.25) is 9.97 Å². The second kappa shape index (κ2) is 11.4. The van der Waals surface area contributed by atoms with Crippen molar-refractivity contribution in [3.63, 3.8) is 0 Å². The average molecular weight is 860 g/mol. The number of benzene rings is 3. The zero-order valence-corrected chi connectivity index (χ0v) is 43.0. The molecular weight excluding hydrogens is 787 g/mol. The molecule has 4 aromatic heterocycles. The first kappa shape index (κ1) is 41.0. The van der Waals surface area contributed by atoms with Crippen LogP contribution in [0, 0.1) is 0 Å². The van der Waals surface area contributed by atoms with Gasteiger partial charge in [0.2, 0.25) is 0 Å². The Kier molecular flexibility index (Phi) is 7.16. The maximum absolute atomic E-state index is 5.68. The van der Waals surface area contributed by atoms with E-state index in [4.69, 9.17) is 9.97 Å². The zero-order valence-electron chi connectivity index (χ0n) is 43.0. The number of rotatable bonds is 0. The van der Waals surface area contributed by atoms with Crippen LogP contribution in [0.5, 0.6) is 0 Å². The van der Waals surface area contributed by atoms with E-state index in [-0.39, 0.29) is 48.7 Å². The van der Waals surface area contributed by atoms with Crippen LogP contribution in [0.4, 0.5) is 0 Å². The molecule has 7 aromatic rings. The van der Waals surface area contributed by atoms with E-state index in [2.05, 4.69) is 159 Å². The number of aromatic nitrogens is 3. The molecule has 6 aliphatic rings. The van der Waals surface area contributed by atoms with Gasteiger partial charge in [-0.05, 0) is 163 Å². The maximum Gasteiger partial charge on any atom is 0.0732 e. The Morgan fingerprint density at radius 3 is 1.08 bits per heavy atom. The van der Waals surface area contributed by atoms with E-state index in [9.17, 15) is 0 Å². The number of nitrogens with zero attached hydrogens (tertiary/aromatic N) is 3. The van der Waals surface area contributed by atoms with Crippen molar-refractivity contribution in [2.75, 3.05) is 0 Å². The van der Waals surface area contributed by atoms with Crippen LogP contribution in [0.3, 0.4) is 0 Å². The lowest BCUT2D eigenvalue weighted by atomic mass is 9.52. The third-order valence-electron chi connectivity index (χ3n) is 20.4. The van der Waals surface area contributed by atoms with Crippen molar-refractivity contribution in [2.24, 2.45) is 0 Å². The summed E-state index contributed by atoms with van der Waals surface area (Å²) in [6.07, 6.45) is 14.3. The highest BCUT2D eigenvalue weighted by Crippen LogP contribution is 2.65. The zero-order chi connectivity index (χ0) is 46.1. The molecule has 65 heavy (non-hydrogen) atoms. The minimum Gasteiger partial charge on any atom is -0.305 e. The second-order valence-electron chi connectivity index (χ2n) is 28.0. The molecule has 0 amide bonds. The number of hydrogen-bond donors (Lipinski definition) is 0.